The Bertz CT molecular complexity index is 324. The number of rotatable bonds is 2. The number of anilines is 1. The maximum Gasteiger partial charge on any atom is 0.0420 e. The van der Waals surface area contributed by atoms with Gasteiger partial charge >= 0.3 is 0 Å². The van der Waals surface area contributed by atoms with E-state index in [2.05, 4.69) is 32.6 Å². The summed E-state index contributed by atoms with van der Waals surface area (Å²) in [4.78, 5) is 0. The minimum Gasteiger partial charge on any atom is -0.398 e. The fourth-order valence-corrected chi connectivity index (χ4v) is 1.49. The molecule has 1 nitrogen and oxygen atoms in total. The Balaban J connectivity index is 3.38. The number of hydrogen-bond donors (Lipinski definition) is 1. The molecule has 0 aromatic heterocycles. The van der Waals surface area contributed by atoms with E-state index < -0.39 is 0 Å². The van der Waals surface area contributed by atoms with Crippen LogP contribution in [0.5, 0.6) is 0 Å². The highest BCUT2D eigenvalue weighted by Crippen LogP contribution is 2.27. The van der Waals surface area contributed by atoms with Crippen molar-refractivity contribution >= 4 is 11.8 Å². The van der Waals surface area contributed by atoms with E-state index in [0.717, 1.165) is 16.8 Å². The second kappa shape index (κ2) is 3.65. The summed E-state index contributed by atoms with van der Waals surface area (Å²) >= 11 is 0. The zero-order chi connectivity index (χ0) is 10.0. The largest absolute Gasteiger partial charge is 0.398 e. The summed E-state index contributed by atoms with van der Waals surface area (Å²) in [5.74, 6) is 0.496. The van der Waals surface area contributed by atoms with Gasteiger partial charge in [-0.3, -0.25) is 0 Å². The SMILES string of the molecule is C=Cc1c(C(C)C)ccc(C)c1N. The second-order valence-corrected chi connectivity index (χ2v) is 3.66. The molecule has 0 atom stereocenters. The molecular formula is C12H17N. The lowest BCUT2D eigenvalue weighted by atomic mass is 9.94. The van der Waals surface area contributed by atoms with Crippen LogP contribution in [0.2, 0.25) is 0 Å². The van der Waals surface area contributed by atoms with Crippen LogP contribution in [-0.4, -0.2) is 0 Å². The molecule has 2 N–H and O–H groups in total. The molecule has 1 aromatic carbocycles. The minimum absolute atomic E-state index is 0.496. The first-order valence-electron chi connectivity index (χ1n) is 4.59. The number of benzene rings is 1. The van der Waals surface area contributed by atoms with E-state index in [-0.39, 0.29) is 0 Å². The molecule has 0 unspecified atom stereocenters. The summed E-state index contributed by atoms with van der Waals surface area (Å²) < 4.78 is 0. The molecule has 1 heteroatoms. The average molecular weight is 175 g/mol. The maximum atomic E-state index is 5.96. The number of aryl methyl sites for hydroxylation is 1. The molecule has 0 aliphatic heterocycles. The predicted octanol–water partition coefficient (Wildman–Crippen LogP) is 3.34. The zero-order valence-corrected chi connectivity index (χ0v) is 8.59. The molecule has 13 heavy (non-hydrogen) atoms. The lowest BCUT2D eigenvalue weighted by Gasteiger charge is -2.13. The molecule has 0 bridgehead atoms. The van der Waals surface area contributed by atoms with Crippen molar-refractivity contribution < 1.29 is 0 Å². The van der Waals surface area contributed by atoms with Gasteiger partial charge in [0.2, 0.25) is 0 Å². The molecule has 0 amide bonds. The summed E-state index contributed by atoms with van der Waals surface area (Å²) in [5, 5.41) is 0. The summed E-state index contributed by atoms with van der Waals surface area (Å²) in [6.45, 7) is 10.1. The van der Waals surface area contributed by atoms with Crippen LogP contribution in [0, 0.1) is 6.92 Å². The van der Waals surface area contributed by atoms with Crippen LogP contribution >= 0.6 is 0 Å². The van der Waals surface area contributed by atoms with Gasteiger partial charge in [0, 0.05) is 11.3 Å². The Morgan fingerprint density at radius 2 is 2.00 bits per heavy atom. The van der Waals surface area contributed by atoms with E-state index >= 15 is 0 Å². The first kappa shape index (κ1) is 9.85. The first-order chi connectivity index (χ1) is 6.07. The van der Waals surface area contributed by atoms with Crippen molar-refractivity contribution in [3.05, 3.63) is 35.4 Å². The summed E-state index contributed by atoms with van der Waals surface area (Å²) in [6.07, 6.45) is 1.84. The standard InChI is InChI=1S/C12H17N/c1-5-10-11(8(2)3)7-6-9(4)12(10)13/h5-8H,1,13H2,2-4H3. The molecular weight excluding hydrogens is 158 g/mol. The van der Waals surface area contributed by atoms with Crippen LogP contribution in [0.3, 0.4) is 0 Å². The second-order valence-electron chi connectivity index (χ2n) is 3.66. The molecule has 0 radical (unpaired) electrons. The first-order valence-corrected chi connectivity index (χ1v) is 4.59. The Morgan fingerprint density at radius 1 is 1.38 bits per heavy atom. The van der Waals surface area contributed by atoms with Crippen molar-refractivity contribution in [2.45, 2.75) is 26.7 Å². The summed E-state index contributed by atoms with van der Waals surface area (Å²) in [7, 11) is 0. The van der Waals surface area contributed by atoms with Gasteiger partial charge in [0.25, 0.3) is 0 Å². The monoisotopic (exact) mass is 175 g/mol. The van der Waals surface area contributed by atoms with Crippen LogP contribution in [0.4, 0.5) is 5.69 Å². The number of hydrogen-bond acceptors (Lipinski definition) is 1. The van der Waals surface area contributed by atoms with Gasteiger partial charge < -0.3 is 5.73 Å². The minimum atomic E-state index is 0.496. The van der Waals surface area contributed by atoms with Crippen molar-refractivity contribution in [1.82, 2.24) is 0 Å². The summed E-state index contributed by atoms with van der Waals surface area (Å²) in [6, 6.07) is 4.20. The van der Waals surface area contributed by atoms with E-state index in [0.29, 0.717) is 5.92 Å². The molecule has 0 spiro atoms. The quantitative estimate of drug-likeness (QED) is 0.685. The molecule has 0 heterocycles. The number of nitrogens with two attached hydrogens (primary N) is 1. The Labute approximate surface area is 80.3 Å². The van der Waals surface area contributed by atoms with Crippen LogP contribution in [0.15, 0.2) is 18.7 Å². The number of nitrogen functional groups attached to an aromatic ring is 1. The Morgan fingerprint density at radius 3 is 2.46 bits per heavy atom. The summed E-state index contributed by atoms with van der Waals surface area (Å²) in [5.41, 5.74) is 10.3. The lowest BCUT2D eigenvalue weighted by molar-refractivity contribution is 0.864. The molecule has 0 aliphatic carbocycles. The molecule has 0 aliphatic rings. The van der Waals surface area contributed by atoms with Gasteiger partial charge in [-0.15, -0.1) is 0 Å². The van der Waals surface area contributed by atoms with Gasteiger partial charge in [0.1, 0.15) is 0 Å². The molecule has 0 fully saturated rings. The highest BCUT2D eigenvalue weighted by atomic mass is 14.6. The molecule has 1 rings (SSSR count). The highest BCUT2D eigenvalue weighted by molar-refractivity contribution is 5.70. The van der Waals surface area contributed by atoms with Crippen molar-refractivity contribution in [2.75, 3.05) is 5.73 Å². The third-order valence-electron chi connectivity index (χ3n) is 2.37. The zero-order valence-electron chi connectivity index (χ0n) is 8.59. The average Bonchev–Trinajstić information content (AvgIpc) is 2.09. The van der Waals surface area contributed by atoms with E-state index in [4.69, 9.17) is 5.73 Å². The van der Waals surface area contributed by atoms with E-state index in [9.17, 15) is 0 Å². The van der Waals surface area contributed by atoms with Crippen molar-refractivity contribution in [3.63, 3.8) is 0 Å². The van der Waals surface area contributed by atoms with Gasteiger partial charge in [-0.1, -0.05) is 38.6 Å². The molecule has 0 saturated carbocycles. The lowest BCUT2D eigenvalue weighted by Crippen LogP contribution is -1.99. The van der Waals surface area contributed by atoms with Crippen molar-refractivity contribution in [1.29, 1.82) is 0 Å². The molecule has 0 saturated heterocycles. The van der Waals surface area contributed by atoms with Crippen molar-refractivity contribution in [3.8, 4) is 0 Å². The van der Waals surface area contributed by atoms with Crippen molar-refractivity contribution in [2.24, 2.45) is 0 Å². The van der Waals surface area contributed by atoms with Gasteiger partial charge in [-0.2, -0.15) is 0 Å². The van der Waals surface area contributed by atoms with Crippen LogP contribution in [-0.2, 0) is 0 Å². The highest BCUT2D eigenvalue weighted by Gasteiger charge is 2.08. The topological polar surface area (TPSA) is 26.0 Å². The van der Waals surface area contributed by atoms with E-state index in [1.165, 1.54) is 5.56 Å². The normalized spacial score (nSPS) is 10.5. The Hall–Kier alpha value is -1.24. The van der Waals surface area contributed by atoms with Crippen LogP contribution < -0.4 is 5.73 Å². The third-order valence-corrected chi connectivity index (χ3v) is 2.37. The fourth-order valence-electron chi connectivity index (χ4n) is 1.49. The maximum absolute atomic E-state index is 5.96. The third kappa shape index (κ3) is 1.74. The van der Waals surface area contributed by atoms with Crippen LogP contribution in [0.1, 0.15) is 36.5 Å². The van der Waals surface area contributed by atoms with E-state index in [1.54, 1.807) is 0 Å². The van der Waals surface area contributed by atoms with E-state index in [1.807, 2.05) is 13.0 Å². The smallest absolute Gasteiger partial charge is 0.0420 e. The van der Waals surface area contributed by atoms with Gasteiger partial charge in [0.05, 0.1) is 0 Å². The van der Waals surface area contributed by atoms with Gasteiger partial charge in [-0.25, -0.2) is 0 Å². The molecule has 1 aromatic rings. The fraction of sp³-hybridized carbons (Fsp3) is 0.333. The molecule has 70 valence electrons. The van der Waals surface area contributed by atoms with Gasteiger partial charge in [-0.05, 0) is 24.0 Å². The van der Waals surface area contributed by atoms with Crippen LogP contribution in [0.25, 0.3) is 6.08 Å². The Kier molecular flexibility index (Phi) is 2.76. The predicted molar refractivity (Wildman–Crippen MR) is 59.8 cm³/mol. The van der Waals surface area contributed by atoms with Gasteiger partial charge in [0.15, 0.2) is 0 Å².